The molecule has 0 unspecified atom stereocenters. The minimum Gasteiger partial charge on any atom is -0.399 e. The molecule has 0 aromatic heterocycles. The average Bonchev–Trinajstić information content (AvgIpc) is 3.09. The van der Waals surface area contributed by atoms with Crippen LogP contribution in [0.4, 0.5) is 5.69 Å². The molecule has 0 aliphatic heterocycles. The summed E-state index contributed by atoms with van der Waals surface area (Å²) in [4.78, 5) is 14.0. The van der Waals surface area contributed by atoms with Crippen molar-refractivity contribution in [1.82, 2.24) is 4.90 Å². The lowest BCUT2D eigenvalue weighted by atomic mass is 9.94. The van der Waals surface area contributed by atoms with Crippen LogP contribution >= 0.6 is 0 Å². The molecule has 1 amide bonds. The summed E-state index contributed by atoms with van der Waals surface area (Å²) in [6.07, 6.45) is 1.92. The first kappa shape index (κ1) is 11.0. The number of carbonyl (C=O) groups is 1. The molecule has 2 N–H and O–H groups in total. The second-order valence-electron chi connectivity index (χ2n) is 4.52. The largest absolute Gasteiger partial charge is 0.399 e. The summed E-state index contributed by atoms with van der Waals surface area (Å²) in [6, 6.07) is 7.69. The van der Waals surface area contributed by atoms with Gasteiger partial charge in [-0.2, -0.15) is 0 Å². The number of likely N-dealkylation sites (N-methyl/N-ethyl adjacent to an activating group) is 1. The van der Waals surface area contributed by atoms with Crippen molar-refractivity contribution in [3.05, 3.63) is 29.8 Å². The van der Waals surface area contributed by atoms with E-state index < -0.39 is 0 Å². The van der Waals surface area contributed by atoms with E-state index in [1.165, 1.54) is 0 Å². The average molecular weight is 218 g/mol. The van der Waals surface area contributed by atoms with Crippen LogP contribution in [0.5, 0.6) is 0 Å². The van der Waals surface area contributed by atoms with Crippen LogP contribution in [0.1, 0.15) is 25.3 Å². The van der Waals surface area contributed by atoms with E-state index in [1.54, 1.807) is 4.90 Å². The number of anilines is 1. The second kappa shape index (κ2) is 3.81. The van der Waals surface area contributed by atoms with E-state index in [0.717, 1.165) is 30.6 Å². The zero-order valence-corrected chi connectivity index (χ0v) is 9.86. The molecule has 1 saturated carbocycles. The van der Waals surface area contributed by atoms with Crippen molar-refractivity contribution in [1.29, 1.82) is 0 Å². The molecule has 1 aromatic carbocycles. The summed E-state index contributed by atoms with van der Waals surface area (Å²) in [5.74, 6) is 0.236. The van der Waals surface area contributed by atoms with E-state index in [-0.39, 0.29) is 11.3 Å². The summed E-state index contributed by atoms with van der Waals surface area (Å²) in [7, 11) is 1.86. The van der Waals surface area contributed by atoms with Gasteiger partial charge in [-0.25, -0.2) is 0 Å². The van der Waals surface area contributed by atoms with Crippen LogP contribution in [0, 0.1) is 0 Å². The van der Waals surface area contributed by atoms with Crippen LogP contribution in [0.25, 0.3) is 0 Å². The SMILES string of the molecule is CCN(C)C(=O)C1(c2ccc(N)cc2)CC1. The van der Waals surface area contributed by atoms with Crippen LogP contribution in [-0.2, 0) is 10.2 Å². The van der Waals surface area contributed by atoms with Gasteiger partial charge in [0.1, 0.15) is 0 Å². The number of nitrogen functional groups attached to an aromatic ring is 1. The lowest BCUT2D eigenvalue weighted by Crippen LogP contribution is -2.36. The van der Waals surface area contributed by atoms with Gasteiger partial charge in [0.2, 0.25) is 5.91 Å². The molecule has 86 valence electrons. The third-order valence-electron chi connectivity index (χ3n) is 3.44. The van der Waals surface area contributed by atoms with Crippen LogP contribution in [0.3, 0.4) is 0 Å². The molecular formula is C13H18N2O. The van der Waals surface area contributed by atoms with E-state index >= 15 is 0 Å². The molecule has 0 heterocycles. The Kier molecular flexibility index (Phi) is 2.62. The molecule has 1 aliphatic rings. The molecule has 0 spiro atoms. The minimum atomic E-state index is -0.252. The van der Waals surface area contributed by atoms with Crippen molar-refractivity contribution in [3.8, 4) is 0 Å². The first-order valence-electron chi connectivity index (χ1n) is 5.72. The molecule has 1 aromatic rings. The third-order valence-corrected chi connectivity index (χ3v) is 3.44. The van der Waals surface area contributed by atoms with Crippen molar-refractivity contribution in [2.45, 2.75) is 25.2 Å². The maximum absolute atomic E-state index is 12.2. The second-order valence-corrected chi connectivity index (χ2v) is 4.52. The Morgan fingerprint density at radius 2 is 1.94 bits per heavy atom. The molecule has 16 heavy (non-hydrogen) atoms. The lowest BCUT2D eigenvalue weighted by molar-refractivity contribution is -0.132. The van der Waals surface area contributed by atoms with Crippen LogP contribution in [0.15, 0.2) is 24.3 Å². The monoisotopic (exact) mass is 218 g/mol. The number of hydrogen-bond acceptors (Lipinski definition) is 2. The van der Waals surface area contributed by atoms with Crippen molar-refractivity contribution in [3.63, 3.8) is 0 Å². The lowest BCUT2D eigenvalue weighted by Gasteiger charge is -2.22. The highest BCUT2D eigenvalue weighted by Gasteiger charge is 2.52. The maximum Gasteiger partial charge on any atom is 0.232 e. The quantitative estimate of drug-likeness (QED) is 0.786. The molecule has 0 saturated heterocycles. The van der Waals surface area contributed by atoms with E-state index in [9.17, 15) is 4.79 Å². The fourth-order valence-corrected chi connectivity index (χ4v) is 2.06. The Hall–Kier alpha value is -1.51. The van der Waals surface area contributed by atoms with Gasteiger partial charge >= 0.3 is 0 Å². The molecule has 0 radical (unpaired) electrons. The Morgan fingerprint density at radius 3 is 2.38 bits per heavy atom. The van der Waals surface area contributed by atoms with Gasteiger partial charge in [-0.3, -0.25) is 4.79 Å². The van der Waals surface area contributed by atoms with Gasteiger partial charge in [0.15, 0.2) is 0 Å². The van der Waals surface area contributed by atoms with Crippen molar-refractivity contribution in [2.24, 2.45) is 0 Å². The van der Waals surface area contributed by atoms with Gasteiger partial charge in [0.25, 0.3) is 0 Å². The van der Waals surface area contributed by atoms with E-state index in [1.807, 2.05) is 38.2 Å². The number of hydrogen-bond donors (Lipinski definition) is 1. The maximum atomic E-state index is 12.2. The number of benzene rings is 1. The molecule has 2 rings (SSSR count). The van der Waals surface area contributed by atoms with Crippen molar-refractivity contribution < 1.29 is 4.79 Å². The van der Waals surface area contributed by atoms with Crippen LogP contribution in [0.2, 0.25) is 0 Å². The first-order valence-corrected chi connectivity index (χ1v) is 5.72. The van der Waals surface area contributed by atoms with Crippen LogP contribution < -0.4 is 5.73 Å². The number of nitrogens with zero attached hydrogens (tertiary/aromatic N) is 1. The van der Waals surface area contributed by atoms with Gasteiger partial charge in [-0.1, -0.05) is 12.1 Å². The van der Waals surface area contributed by atoms with Gasteiger partial charge in [0.05, 0.1) is 5.41 Å². The Labute approximate surface area is 96.2 Å². The molecule has 0 atom stereocenters. The van der Waals surface area contributed by atoms with Crippen molar-refractivity contribution >= 4 is 11.6 Å². The predicted molar refractivity (Wildman–Crippen MR) is 65.1 cm³/mol. The number of rotatable bonds is 3. The fraction of sp³-hybridized carbons (Fsp3) is 0.462. The zero-order chi connectivity index (χ0) is 11.8. The van der Waals surface area contributed by atoms with E-state index in [0.29, 0.717) is 0 Å². The summed E-state index contributed by atoms with van der Waals surface area (Å²) in [5.41, 5.74) is 7.26. The molecule has 1 fully saturated rings. The smallest absolute Gasteiger partial charge is 0.232 e. The standard InChI is InChI=1S/C13H18N2O/c1-3-15(2)12(16)13(8-9-13)10-4-6-11(14)7-5-10/h4-7H,3,8-9,14H2,1-2H3. The zero-order valence-electron chi connectivity index (χ0n) is 9.86. The number of amides is 1. The van der Waals surface area contributed by atoms with E-state index in [2.05, 4.69) is 0 Å². The Morgan fingerprint density at radius 1 is 1.38 bits per heavy atom. The molecule has 3 nitrogen and oxygen atoms in total. The highest BCUT2D eigenvalue weighted by Crippen LogP contribution is 2.49. The third kappa shape index (κ3) is 1.66. The minimum absolute atomic E-state index is 0.236. The normalized spacial score (nSPS) is 16.9. The Bertz CT molecular complexity index is 393. The Balaban J connectivity index is 2.26. The predicted octanol–water partition coefficient (Wildman–Crippen LogP) is 1.78. The molecule has 3 heteroatoms. The van der Waals surface area contributed by atoms with Gasteiger partial charge in [0, 0.05) is 19.3 Å². The summed E-state index contributed by atoms with van der Waals surface area (Å²) in [6.45, 7) is 2.76. The number of nitrogens with two attached hydrogens (primary N) is 1. The summed E-state index contributed by atoms with van der Waals surface area (Å²) in [5, 5.41) is 0. The van der Waals surface area contributed by atoms with E-state index in [4.69, 9.17) is 5.73 Å². The molecular weight excluding hydrogens is 200 g/mol. The topological polar surface area (TPSA) is 46.3 Å². The van der Waals surface area contributed by atoms with Crippen LogP contribution in [-0.4, -0.2) is 24.4 Å². The molecule has 0 bridgehead atoms. The summed E-state index contributed by atoms with van der Waals surface area (Å²) >= 11 is 0. The first-order chi connectivity index (χ1) is 7.60. The molecule has 1 aliphatic carbocycles. The van der Waals surface area contributed by atoms with Crippen molar-refractivity contribution in [2.75, 3.05) is 19.3 Å². The summed E-state index contributed by atoms with van der Waals surface area (Å²) < 4.78 is 0. The van der Waals surface area contributed by atoms with Gasteiger partial charge in [-0.05, 0) is 37.5 Å². The van der Waals surface area contributed by atoms with Gasteiger partial charge < -0.3 is 10.6 Å². The van der Waals surface area contributed by atoms with Gasteiger partial charge in [-0.15, -0.1) is 0 Å². The fourth-order valence-electron chi connectivity index (χ4n) is 2.06. The highest BCUT2D eigenvalue weighted by molar-refractivity contribution is 5.91. The number of carbonyl (C=O) groups excluding carboxylic acids is 1. The highest BCUT2D eigenvalue weighted by atomic mass is 16.2.